The van der Waals surface area contributed by atoms with Gasteiger partial charge in [-0.3, -0.25) is 14.3 Å². The third-order valence-electron chi connectivity index (χ3n) is 5.79. The van der Waals surface area contributed by atoms with Crippen LogP contribution in [0, 0.1) is 6.92 Å². The molecule has 6 nitrogen and oxygen atoms in total. The molecule has 1 aromatic rings. The van der Waals surface area contributed by atoms with Crippen LogP contribution < -0.4 is 5.56 Å². The first-order valence-electron chi connectivity index (χ1n) is 8.59. The van der Waals surface area contributed by atoms with Gasteiger partial charge >= 0.3 is 0 Å². The first-order valence-corrected chi connectivity index (χ1v) is 8.59. The summed E-state index contributed by atoms with van der Waals surface area (Å²) in [6, 6.07) is 0.473. The Balaban J connectivity index is 1.54. The highest BCUT2D eigenvalue weighted by Crippen LogP contribution is 2.37. The van der Waals surface area contributed by atoms with E-state index in [1.807, 2.05) is 6.92 Å². The minimum absolute atomic E-state index is 0.00967. The molecule has 126 valence electrons. The molecule has 0 saturated carbocycles. The van der Waals surface area contributed by atoms with E-state index in [4.69, 9.17) is 9.47 Å². The van der Waals surface area contributed by atoms with Crippen molar-refractivity contribution < 1.29 is 9.47 Å². The lowest BCUT2D eigenvalue weighted by molar-refractivity contribution is -0.152. The Kier molecular flexibility index (Phi) is 3.78. The Morgan fingerprint density at radius 3 is 2.78 bits per heavy atom. The number of aromatic nitrogens is 2. The Morgan fingerprint density at radius 2 is 2.00 bits per heavy atom. The van der Waals surface area contributed by atoms with Gasteiger partial charge < -0.3 is 9.47 Å². The molecular formula is C17H25N3O3. The van der Waals surface area contributed by atoms with Gasteiger partial charge in [-0.25, -0.2) is 4.98 Å². The zero-order valence-electron chi connectivity index (χ0n) is 14.0. The number of nitrogens with zero attached hydrogens (tertiary/aromatic N) is 3. The van der Waals surface area contributed by atoms with E-state index >= 15 is 0 Å². The zero-order chi connectivity index (χ0) is 16.0. The summed E-state index contributed by atoms with van der Waals surface area (Å²) >= 11 is 0. The van der Waals surface area contributed by atoms with Crippen molar-refractivity contribution in [1.82, 2.24) is 14.5 Å². The van der Waals surface area contributed by atoms with Crippen LogP contribution in [-0.4, -0.2) is 45.9 Å². The fourth-order valence-corrected chi connectivity index (χ4v) is 4.22. The largest absolute Gasteiger partial charge is 0.381 e. The van der Waals surface area contributed by atoms with Gasteiger partial charge in [0.25, 0.3) is 5.56 Å². The van der Waals surface area contributed by atoms with Crippen LogP contribution in [0.5, 0.6) is 0 Å². The second-order valence-electron chi connectivity index (χ2n) is 7.14. The first kappa shape index (κ1) is 15.3. The molecule has 2 fully saturated rings. The van der Waals surface area contributed by atoms with Gasteiger partial charge in [0.05, 0.1) is 16.9 Å². The minimum Gasteiger partial charge on any atom is -0.381 e. The van der Waals surface area contributed by atoms with Crippen LogP contribution in [0.15, 0.2) is 4.79 Å². The van der Waals surface area contributed by atoms with Gasteiger partial charge in [0.1, 0.15) is 5.82 Å². The Bertz CT molecular complexity index is 658. The smallest absolute Gasteiger partial charge is 0.258 e. The molecule has 0 radical (unpaired) electrons. The van der Waals surface area contributed by atoms with Crippen molar-refractivity contribution in [3.8, 4) is 0 Å². The van der Waals surface area contributed by atoms with Gasteiger partial charge in [-0.15, -0.1) is 0 Å². The van der Waals surface area contributed by atoms with Crippen molar-refractivity contribution in [2.24, 2.45) is 7.05 Å². The second kappa shape index (κ2) is 5.69. The van der Waals surface area contributed by atoms with E-state index in [0.717, 1.165) is 75.7 Å². The molecule has 0 N–H and O–H groups in total. The molecule has 3 aliphatic heterocycles. The van der Waals surface area contributed by atoms with Crippen LogP contribution in [0.3, 0.4) is 0 Å². The number of rotatable bonds is 1. The maximum Gasteiger partial charge on any atom is 0.258 e. The van der Waals surface area contributed by atoms with Crippen LogP contribution >= 0.6 is 0 Å². The van der Waals surface area contributed by atoms with Gasteiger partial charge in [0, 0.05) is 46.0 Å². The third kappa shape index (κ3) is 2.62. The number of hydrogen-bond donors (Lipinski definition) is 0. The number of aryl methyl sites for hydroxylation is 1. The molecule has 0 aliphatic carbocycles. The summed E-state index contributed by atoms with van der Waals surface area (Å²) in [5, 5.41) is 0. The van der Waals surface area contributed by atoms with Crippen molar-refractivity contribution in [3.63, 3.8) is 0 Å². The first-order chi connectivity index (χ1) is 11.1. The Morgan fingerprint density at radius 1 is 1.22 bits per heavy atom. The average Bonchev–Trinajstić information content (AvgIpc) is 2.98. The van der Waals surface area contributed by atoms with E-state index in [2.05, 4.69) is 9.88 Å². The highest BCUT2D eigenvalue weighted by atomic mass is 16.5. The molecule has 3 aliphatic rings. The van der Waals surface area contributed by atoms with Crippen molar-refractivity contribution in [3.05, 3.63) is 27.4 Å². The van der Waals surface area contributed by atoms with E-state index in [-0.39, 0.29) is 11.2 Å². The lowest BCUT2D eigenvalue weighted by Crippen LogP contribution is -2.50. The molecule has 4 heterocycles. The molecule has 0 aromatic carbocycles. The van der Waals surface area contributed by atoms with Gasteiger partial charge in [-0.2, -0.15) is 0 Å². The molecule has 0 unspecified atom stereocenters. The summed E-state index contributed by atoms with van der Waals surface area (Å²) in [5.74, 6) is 0.795. The lowest BCUT2D eigenvalue weighted by atomic mass is 9.83. The summed E-state index contributed by atoms with van der Waals surface area (Å²) in [7, 11) is 1.80. The van der Waals surface area contributed by atoms with Crippen molar-refractivity contribution in [2.45, 2.75) is 57.3 Å². The van der Waals surface area contributed by atoms with Crippen molar-refractivity contribution >= 4 is 0 Å². The Hall–Kier alpha value is -1.24. The van der Waals surface area contributed by atoms with Gasteiger partial charge in [0.2, 0.25) is 0 Å². The van der Waals surface area contributed by atoms with Gasteiger partial charge in [0.15, 0.2) is 0 Å². The molecular weight excluding hydrogens is 294 g/mol. The predicted octanol–water partition coefficient (Wildman–Crippen LogP) is 1.13. The van der Waals surface area contributed by atoms with E-state index in [0.29, 0.717) is 6.04 Å². The fraction of sp³-hybridized carbons (Fsp3) is 0.765. The average molecular weight is 319 g/mol. The topological polar surface area (TPSA) is 56.6 Å². The highest BCUT2D eigenvalue weighted by molar-refractivity contribution is 5.23. The molecule has 23 heavy (non-hydrogen) atoms. The normalized spacial score (nSPS) is 27.3. The number of hydrogen-bond acceptors (Lipinski definition) is 5. The molecule has 6 heteroatoms. The molecule has 4 rings (SSSR count). The maximum absolute atomic E-state index is 12.5. The van der Waals surface area contributed by atoms with Crippen LogP contribution in [0.25, 0.3) is 0 Å². The zero-order valence-corrected chi connectivity index (χ0v) is 14.0. The minimum atomic E-state index is -0.00967. The van der Waals surface area contributed by atoms with E-state index in [9.17, 15) is 4.79 Å². The standard InChI is InChI=1S/C17H25N3O3/c1-12-18-15-11-20(10-14(15)16(21)19(12)2)13-3-6-23-17(9-13)4-7-22-8-5-17/h13H,3-11H2,1-2H3/t13-/m1/s1. The monoisotopic (exact) mass is 319 g/mol. The van der Waals surface area contributed by atoms with E-state index in [1.165, 1.54) is 0 Å². The summed E-state index contributed by atoms with van der Waals surface area (Å²) in [4.78, 5) is 19.5. The van der Waals surface area contributed by atoms with Crippen LogP contribution in [-0.2, 0) is 29.6 Å². The SMILES string of the molecule is Cc1nc2c(c(=O)n1C)CN([C@@H]1CCOC3(CCOCC3)C1)C2. The van der Waals surface area contributed by atoms with Crippen molar-refractivity contribution in [1.29, 1.82) is 0 Å². The molecule has 2 saturated heterocycles. The Labute approximate surface area is 136 Å². The van der Waals surface area contributed by atoms with Crippen LogP contribution in [0.2, 0.25) is 0 Å². The fourth-order valence-electron chi connectivity index (χ4n) is 4.22. The van der Waals surface area contributed by atoms with Crippen molar-refractivity contribution in [2.75, 3.05) is 19.8 Å². The maximum atomic E-state index is 12.5. The number of fused-ring (bicyclic) bond motifs is 1. The van der Waals surface area contributed by atoms with Crippen LogP contribution in [0.1, 0.15) is 42.8 Å². The van der Waals surface area contributed by atoms with E-state index < -0.39 is 0 Å². The highest BCUT2D eigenvalue weighted by Gasteiger charge is 2.42. The summed E-state index contributed by atoms with van der Waals surface area (Å²) in [5.41, 5.74) is 1.95. The lowest BCUT2D eigenvalue weighted by Gasteiger charge is -2.45. The second-order valence-corrected chi connectivity index (χ2v) is 7.14. The number of ether oxygens (including phenoxy) is 2. The molecule has 1 spiro atoms. The third-order valence-corrected chi connectivity index (χ3v) is 5.79. The van der Waals surface area contributed by atoms with Crippen LogP contribution in [0.4, 0.5) is 0 Å². The molecule has 1 atom stereocenters. The summed E-state index contributed by atoms with van der Waals surface area (Å²) in [6.45, 7) is 5.83. The summed E-state index contributed by atoms with van der Waals surface area (Å²) < 4.78 is 13.3. The van der Waals surface area contributed by atoms with Gasteiger partial charge in [-0.05, 0) is 32.6 Å². The summed E-state index contributed by atoms with van der Waals surface area (Å²) in [6.07, 6.45) is 4.06. The van der Waals surface area contributed by atoms with E-state index in [1.54, 1.807) is 11.6 Å². The van der Waals surface area contributed by atoms with Gasteiger partial charge in [-0.1, -0.05) is 0 Å². The molecule has 0 bridgehead atoms. The predicted molar refractivity (Wildman–Crippen MR) is 85.2 cm³/mol. The molecule has 0 amide bonds. The molecule has 1 aromatic heterocycles. The quantitative estimate of drug-likeness (QED) is 0.777.